The Morgan fingerprint density at radius 1 is 1.13 bits per heavy atom. The fourth-order valence-electron chi connectivity index (χ4n) is 4.55. The van der Waals surface area contributed by atoms with E-state index >= 15 is 0 Å². The Kier molecular flexibility index (Phi) is 5.87. The van der Waals surface area contributed by atoms with Crippen molar-refractivity contribution in [1.29, 1.82) is 0 Å². The highest BCUT2D eigenvalue weighted by Gasteiger charge is 2.54. The molecular formula is C25H26N2O3. The zero-order valence-electron chi connectivity index (χ0n) is 17.1. The topological polar surface area (TPSA) is 60.9 Å². The average molecular weight is 402 g/mol. The lowest BCUT2D eigenvalue weighted by Crippen LogP contribution is -2.73. The zero-order chi connectivity index (χ0) is 21.1. The highest BCUT2D eigenvalue weighted by molar-refractivity contribution is 5.87. The Labute approximate surface area is 177 Å². The van der Waals surface area contributed by atoms with Crippen LogP contribution in [0.5, 0.6) is 0 Å². The molecule has 2 saturated heterocycles. The van der Waals surface area contributed by atoms with Crippen LogP contribution in [0.2, 0.25) is 0 Å². The Morgan fingerprint density at radius 2 is 1.87 bits per heavy atom. The molecule has 30 heavy (non-hydrogen) atoms. The highest BCUT2D eigenvalue weighted by Crippen LogP contribution is 2.42. The highest BCUT2D eigenvalue weighted by atomic mass is 16.3. The number of nitrogens with zero attached hydrogens (tertiary/aromatic N) is 2. The Balaban J connectivity index is 1.48. The largest absolute Gasteiger partial charge is 0.394 e. The van der Waals surface area contributed by atoms with E-state index in [0.717, 1.165) is 11.1 Å². The second-order valence-electron chi connectivity index (χ2n) is 7.86. The second-order valence-corrected chi connectivity index (χ2v) is 7.86. The van der Waals surface area contributed by atoms with Gasteiger partial charge in [0.15, 0.2) is 0 Å². The number of piperazine rings is 1. The first-order valence-electron chi connectivity index (χ1n) is 10.4. The Bertz CT molecular complexity index is 975. The molecule has 0 aliphatic carbocycles. The van der Waals surface area contributed by atoms with E-state index in [-0.39, 0.29) is 43.0 Å². The second kappa shape index (κ2) is 8.73. The van der Waals surface area contributed by atoms with E-state index in [2.05, 4.69) is 24.0 Å². The summed E-state index contributed by atoms with van der Waals surface area (Å²) in [5.41, 5.74) is 3.20. The van der Waals surface area contributed by atoms with Crippen LogP contribution in [0.25, 0.3) is 0 Å². The summed E-state index contributed by atoms with van der Waals surface area (Å²) in [5.74, 6) is 6.35. The third-order valence-electron chi connectivity index (χ3n) is 6.07. The maximum Gasteiger partial charge on any atom is 0.242 e. The predicted octanol–water partition coefficient (Wildman–Crippen LogP) is 2.19. The molecule has 2 amide bonds. The van der Waals surface area contributed by atoms with Crippen molar-refractivity contribution in [3.63, 3.8) is 0 Å². The minimum absolute atomic E-state index is 0.00163. The summed E-state index contributed by atoms with van der Waals surface area (Å²) in [6, 6.07) is 17.9. The molecule has 2 aliphatic heterocycles. The van der Waals surface area contributed by atoms with Crippen LogP contribution in [0.3, 0.4) is 0 Å². The number of hydrogen-bond acceptors (Lipinski definition) is 3. The maximum atomic E-state index is 12.5. The molecule has 5 heteroatoms. The van der Waals surface area contributed by atoms with Gasteiger partial charge in [0.25, 0.3) is 0 Å². The van der Waals surface area contributed by atoms with Crippen LogP contribution in [-0.2, 0) is 16.0 Å². The molecule has 0 bridgehead atoms. The fourth-order valence-corrected chi connectivity index (χ4v) is 4.55. The third-order valence-corrected chi connectivity index (χ3v) is 6.07. The van der Waals surface area contributed by atoms with Crippen molar-refractivity contribution in [1.82, 2.24) is 9.80 Å². The molecule has 1 N–H and O–H groups in total. The van der Waals surface area contributed by atoms with E-state index in [4.69, 9.17) is 0 Å². The Hall–Kier alpha value is -3.10. The zero-order valence-corrected chi connectivity index (χ0v) is 17.1. The van der Waals surface area contributed by atoms with Crippen molar-refractivity contribution in [2.45, 2.75) is 37.8 Å². The van der Waals surface area contributed by atoms with Crippen LogP contribution in [0.1, 0.15) is 36.0 Å². The number of rotatable bonds is 4. The van der Waals surface area contributed by atoms with Crippen molar-refractivity contribution >= 4 is 11.8 Å². The molecule has 2 heterocycles. The van der Waals surface area contributed by atoms with E-state index in [1.807, 2.05) is 49.4 Å². The van der Waals surface area contributed by atoms with E-state index < -0.39 is 0 Å². The number of fused-ring (bicyclic) bond motifs is 1. The summed E-state index contributed by atoms with van der Waals surface area (Å²) >= 11 is 0. The van der Waals surface area contributed by atoms with Crippen molar-refractivity contribution in [3.05, 3.63) is 71.3 Å². The first-order chi connectivity index (χ1) is 14.6. The van der Waals surface area contributed by atoms with Crippen molar-refractivity contribution in [2.75, 3.05) is 19.7 Å². The van der Waals surface area contributed by atoms with Crippen LogP contribution in [-0.4, -0.2) is 58.5 Å². The Morgan fingerprint density at radius 3 is 2.53 bits per heavy atom. The van der Waals surface area contributed by atoms with Gasteiger partial charge in [0.05, 0.1) is 25.2 Å². The van der Waals surface area contributed by atoms with Gasteiger partial charge in [-0.1, -0.05) is 61.2 Å². The predicted molar refractivity (Wildman–Crippen MR) is 115 cm³/mol. The van der Waals surface area contributed by atoms with Gasteiger partial charge in [-0.3, -0.25) is 9.59 Å². The standard InChI is InChI=1S/C25H26N2O3/c1-2-23(29)26-15-21-25(22(17-28)27(21)24(30)16-26)20-13-11-19(12-14-20)10-6-9-18-7-4-3-5-8-18/h3-5,7-8,11-14,21-22,25,28H,2,9,15-17H2,1H3/t21-,22+,25+/m1/s1. The summed E-state index contributed by atoms with van der Waals surface area (Å²) in [5, 5.41) is 9.88. The van der Waals surface area contributed by atoms with Crippen molar-refractivity contribution in [3.8, 4) is 11.8 Å². The van der Waals surface area contributed by atoms with Gasteiger partial charge in [-0.25, -0.2) is 0 Å². The van der Waals surface area contributed by atoms with Crippen LogP contribution in [0.4, 0.5) is 0 Å². The first-order valence-corrected chi connectivity index (χ1v) is 10.4. The smallest absolute Gasteiger partial charge is 0.242 e. The lowest BCUT2D eigenvalue weighted by Gasteiger charge is -2.58. The summed E-state index contributed by atoms with van der Waals surface area (Å²) in [4.78, 5) is 28.1. The molecule has 0 aromatic heterocycles. The first kappa shape index (κ1) is 20.2. The molecule has 4 rings (SSSR count). The quantitative estimate of drug-likeness (QED) is 0.798. The molecule has 5 nitrogen and oxygen atoms in total. The number of hydrogen-bond donors (Lipinski definition) is 1. The summed E-state index contributed by atoms with van der Waals surface area (Å²) < 4.78 is 0. The monoisotopic (exact) mass is 402 g/mol. The molecule has 2 aromatic rings. The van der Waals surface area contributed by atoms with E-state index in [1.54, 1.807) is 9.80 Å². The molecule has 2 aliphatic rings. The van der Waals surface area contributed by atoms with Gasteiger partial charge in [-0.2, -0.15) is 0 Å². The molecule has 0 saturated carbocycles. The van der Waals surface area contributed by atoms with E-state index in [0.29, 0.717) is 19.4 Å². The number of carbonyl (C=O) groups excluding carboxylic acids is 2. The van der Waals surface area contributed by atoms with Crippen LogP contribution in [0, 0.1) is 11.8 Å². The summed E-state index contributed by atoms with van der Waals surface area (Å²) in [6.45, 7) is 2.37. The molecule has 2 aromatic carbocycles. The molecule has 0 unspecified atom stereocenters. The third kappa shape index (κ3) is 3.83. The fraction of sp³-hybridized carbons (Fsp3) is 0.360. The van der Waals surface area contributed by atoms with Crippen LogP contribution in [0.15, 0.2) is 54.6 Å². The van der Waals surface area contributed by atoms with Crippen LogP contribution >= 0.6 is 0 Å². The number of aliphatic hydroxyl groups is 1. The number of benzene rings is 2. The van der Waals surface area contributed by atoms with Crippen molar-refractivity contribution in [2.24, 2.45) is 0 Å². The SMILES string of the molecule is CCC(=O)N1CC(=O)N2[C@H](C1)[C@H](c1ccc(C#CCc3ccccc3)cc1)[C@@H]2CO. The summed E-state index contributed by atoms with van der Waals surface area (Å²) in [6.07, 6.45) is 1.10. The minimum Gasteiger partial charge on any atom is -0.394 e. The number of amides is 2. The van der Waals surface area contributed by atoms with Crippen molar-refractivity contribution < 1.29 is 14.7 Å². The molecule has 0 radical (unpaired) electrons. The van der Waals surface area contributed by atoms with Gasteiger partial charge in [-0.15, -0.1) is 0 Å². The molecule has 154 valence electrons. The molecule has 0 spiro atoms. The number of carbonyl (C=O) groups is 2. The van der Waals surface area contributed by atoms with Crippen LogP contribution < -0.4 is 0 Å². The summed E-state index contributed by atoms with van der Waals surface area (Å²) in [7, 11) is 0. The van der Waals surface area contributed by atoms with Gasteiger partial charge >= 0.3 is 0 Å². The normalized spacial score (nSPS) is 22.6. The lowest BCUT2D eigenvalue weighted by molar-refractivity contribution is -0.166. The van der Waals surface area contributed by atoms with Gasteiger partial charge in [0, 0.05) is 30.9 Å². The molecule has 2 fully saturated rings. The van der Waals surface area contributed by atoms with Gasteiger partial charge < -0.3 is 14.9 Å². The molecular weight excluding hydrogens is 376 g/mol. The van der Waals surface area contributed by atoms with E-state index in [9.17, 15) is 14.7 Å². The maximum absolute atomic E-state index is 12.5. The van der Waals surface area contributed by atoms with Gasteiger partial charge in [-0.05, 0) is 23.3 Å². The molecule has 3 atom stereocenters. The van der Waals surface area contributed by atoms with E-state index in [1.165, 1.54) is 5.56 Å². The lowest BCUT2D eigenvalue weighted by atomic mass is 9.73. The minimum atomic E-state index is -0.226. The average Bonchev–Trinajstić information content (AvgIpc) is 2.76. The van der Waals surface area contributed by atoms with Gasteiger partial charge in [0.1, 0.15) is 0 Å². The van der Waals surface area contributed by atoms with Gasteiger partial charge in [0.2, 0.25) is 11.8 Å². The number of aliphatic hydroxyl groups excluding tert-OH is 1.